The highest BCUT2D eigenvalue weighted by Gasteiger charge is 2.41. The zero-order chi connectivity index (χ0) is 22.8. The third kappa shape index (κ3) is 4.58. The molecule has 2 saturated heterocycles. The SMILES string of the molecule is CC1CCN(S(=O)(=O)c2ccc(NC(=O)C3(c4ccc(F)cc4)CCOCC3)cc2)CC1. The predicted octanol–water partition coefficient (Wildman–Crippen LogP) is 3.93. The molecule has 0 unspecified atom stereocenters. The molecule has 32 heavy (non-hydrogen) atoms. The Balaban J connectivity index is 1.52. The average Bonchev–Trinajstić information content (AvgIpc) is 2.80. The number of nitrogens with zero attached hydrogens (tertiary/aromatic N) is 1. The van der Waals surface area contributed by atoms with Crippen LogP contribution in [-0.2, 0) is 25.0 Å². The number of hydrogen-bond donors (Lipinski definition) is 1. The zero-order valence-electron chi connectivity index (χ0n) is 18.2. The number of piperidine rings is 1. The first kappa shape index (κ1) is 22.9. The van der Waals surface area contributed by atoms with E-state index in [1.807, 2.05) is 0 Å². The van der Waals surface area contributed by atoms with Crippen molar-refractivity contribution < 1.29 is 22.3 Å². The van der Waals surface area contributed by atoms with Crippen molar-refractivity contribution in [3.8, 4) is 0 Å². The third-order valence-electron chi connectivity index (χ3n) is 6.67. The lowest BCUT2D eigenvalue weighted by Crippen LogP contribution is -2.44. The van der Waals surface area contributed by atoms with E-state index >= 15 is 0 Å². The van der Waals surface area contributed by atoms with Crippen molar-refractivity contribution in [1.29, 1.82) is 0 Å². The van der Waals surface area contributed by atoms with Crippen LogP contribution in [0, 0.1) is 11.7 Å². The number of carbonyl (C=O) groups is 1. The van der Waals surface area contributed by atoms with Crippen molar-refractivity contribution in [2.24, 2.45) is 5.92 Å². The smallest absolute Gasteiger partial charge is 0.243 e. The van der Waals surface area contributed by atoms with Gasteiger partial charge in [-0.2, -0.15) is 4.31 Å². The topological polar surface area (TPSA) is 75.7 Å². The number of benzene rings is 2. The monoisotopic (exact) mass is 460 g/mol. The molecule has 8 heteroatoms. The number of anilines is 1. The Labute approximate surface area is 188 Å². The molecule has 172 valence electrons. The molecular weight excluding hydrogens is 431 g/mol. The van der Waals surface area contributed by atoms with Gasteiger partial charge in [-0.05, 0) is 73.6 Å². The second-order valence-electron chi connectivity index (χ2n) is 8.77. The fourth-order valence-corrected chi connectivity index (χ4v) is 5.94. The lowest BCUT2D eigenvalue weighted by Gasteiger charge is -2.36. The molecule has 4 rings (SSSR count). The molecule has 0 bridgehead atoms. The van der Waals surface area contributed by atoms with Gasteiger partial charge in [-0.1, -0.05) is 19.1 Å². The summed E-state index contributed by atoms with van der Waals surface area (Å²) in [5, 5.41) is 2.93. The summed E-state index contributed by atoms with van der Waals surface area (Å²) in [7, 11) is -3.54. The van der Waals surface area contributed by atoms with E-state index in [4.69, 9.17) is 4.74 Å². The minimum atomic E-state index is -3.54. The molecule has 2 aliphatic heterocycles. The van der Waals surface area contributed by atoms with Crippen LogP contribution in [0.1, 0.15) is 38.2 Å². The molecule has 2 fully saturated rings. The standard InChI is InChI=1S/C24H29FN2O4S/c1-18-10-14-27(15-11-18)32(29,30)22-8-6-21(7-9-22)26-23(28)24(12-16-31-17-13-24)19-2-4-20(25)5-3-19/h2-9,18H,10-17H2,1H3,(H,26,28). The van der Waals surface area contributed by atoms with Crippen molar-refractivity contribution >= 4 is 21.6 Å². The van der Waals surface area contributed by atoms with E-state index in [1.165, 1.54) is 28.6 Å². The Hall–Kier alpha value is -2.29. The number of halogens is 1. The summed E-state index contributed by atoms with van der Waals surface area (Å²) in [6, 6.07) is 12.3. The van der Waals surface area contributed by atoms with Crippen LogP contribution < -0.4 is 5.32 Å². The Morgan fingerprint density at radius 1 is 1.03 bits per heavy atom. The van der Waals surface area contributed by atoms with Crippen LogP contribution in [0.15, 0.2) is 53.4 Å². The number of amides is 1. The van der Waals surface area contributed by atoms with Crippen LogP contribution in [0.4, 0.5) is 10.1 Å². The first-order valence-corrected chi connectivity index (χ1v) is 12.5. The van der Waals surface area contributed by atoms with E-state index in [1.54, 1.807) is 24.3 Å². The summed E-state index contributed by atoms with van der Waals surface area (Å²) in [5.41, 5.74) is 0.452. The fraction of sp³-hybridized carbons (Fsp3) is 0.458. The van der Waals surface area contributed by atoms with E-state index < -0.39 is 15.4 Å². The number of sulfonamides is 1. The highest BCUT2D eigenvalue weighted by molar-refractivity contribution is 7.89. The maximum atomic E-state index is 13.4. The molecule has 0 spiro atoms. The van der Waals surface area contributed by atoms with Gasteiger partial charge in [-0.15, -0.1) is 0 Å². The fourth-order valence-electron chi connectivity index (χ4n) is 4.47. The van der Waals surface area contributed by atoms with Gasteiger partial charge in [0.2, 0.25) is 15.9 Å². The van der Waals surface area contributed by atoms with Crippen molar-refractivity contribution in [2.75, 3.05) is 31.6 Å². The van der Waals surface area contributed by atoms with Gasteiger partial charge < -0.3 is 10.1 Å². The van der Waals surface area contributed by atoms with Gasteiger partial charge >= 0.3 is 0 Å². The molecular formula is C24H29FN2O4S. The molecule has 0 saturated carbocycles. The van der Waals surface area contributed by atoms with E-state index in [2.05, 4.69) is 12.2 Å². The van der Waals surface area contributed by atoms with Crippen LogP contribution in [0.2, 0.25) is 0 Å². The van der Waals surface area contributed by atoms with E-state index in [9.17, 15) is 17.6 Å². The second-order valence-corrected chi connectivity index (χ2v) is 10.7. The molecule has 1 N–H and O–H groups in total. The van der Waals surface area contributed by atoms with Gasteiger partial charge in [0.1, 0.15) is 5.82 Å². The maximum Gasteiger partial charge on any atom is 0.243 e. The van der Waals surface area contributed by atoms with Crippen molar-refractivity contribution in [2.45, 2.75) is 42.9 Å². The molecule has 2 aliphatic rings. The van der Waals surface area contributed by atoms with Crippen LogP contribution in [0.25, 0.3) is 0 Å². The lowest BCUT2D eigenvalue weighted by molar-refractivity contribution is -0.125. The highest BCUT2D eigenvalue weighted by Crippen LogP contribution is 2.36. The van der Waals surface area contributed by atoms with Crippen LogP contribution in [-0.4, -0.2) is 44.9 Å². The van der Waals surface area contributed by atoms with Gasteiger partial charge in [0.05, 0.1) is 10.3 Å². The minimum Gasteiger partial charge on any atom is -0.381 e. The zero-order valence-corrected chi connectivity index (χ0v) is 19.0. The van der Waals surface area contributed by atoms with Gasteiger partial charge in [0, 0.05) is 32.0 Å². The molecule has 0 atom stereocenters. The average molecular weight is 461 g/mol. The highest BCUT2D eigenvalue weighted by atomic mass is 32.2. The number of nitrogens with one attached hydrogen (secondary N) is 1. The van der Waals surface area contributed by atoms with Gasteiger partial charge in [0.25, 0.3) is 0 Å². The minimum absolute atomic E-state index is 0.201. The van der Waals surface area contributed by atoms with Gasteiger partial charge in [0.15, 0.2) is 0 Å². The number of rotatable bonds is 5. The number of carbonyl (C=O) groups excluding carboxylic acids is 1. The van der Waals surface area contributed by atoms with E-state index in [-0.39, 0.29) is 16.6 Å². The Bertz CT molecular complexity index is 1040. The molecule has 1 amide bonds. The number of ether oxygens (including phenoxy) is 1. The third-order valence-corrected chi connectivity index (χ3v) is 8.58. The van der Waals surface area contributed by atoms with Gasteiger partial charge in [-0.3, -0.25) is 4.79 Å². The first-order valence-electron chi connectivity index (χ1n) is 11.1. The maximum absolute atomic E-state index is 13.4. The Morgan fingerprint density at radius 2 is 1.62 bits per heavy atom. The molecule has 2 aromatic rings. The molecule has 0 aromatic heterocycles. The predicted molar refractivity (Wildman–Crippen MR) is 120 cm³/mol. The van der Waals surface area contributed by atoms with Crippen LogP contribution >= 0.6 is 0 Å². The van der Waals surface area contributed by atoms with Crippen molar-refractivity contribution in [3.05, 3.63) is 59.9 Å². The Kier molecular flexibility index (Phi) is 6.65. The molecule has 2 aromatic carbocycles. The quantitative estimate of drug-likeness (QED) is 0.734. The second kappa shape index (κ2) is 9.29. The summed E-state index contributed by atoms with van der Waals surface area (Å²) >= 11 is 0. The summed E-state index contributed by atoms with van der Waals surface area (Å²) in [5.74, 6) is -0.0120. The summed E-state index contributed by atoms with van der Waals surface area (Å²) < 4.78 is 46.3. The lowest BCUT2D eigenvalue weighted by atomic mass is 9.73. The van der Waals surface area contributed by atoms with Crippen molar-refractivity contribution in [3.63, 3.8) is 0 Å². The van der Waals surface area contributed by atoms with Crippen LogP contribution in [0.3, 0.4) is 0 Å². The summed E-state index contributed by atoms with van der Waals surface area (Å²) in [6.45, 7) is 4.08. The number of hydrogen-bond acceptors (Lipinski definition) is 4. The first-order chi connectivity index (χ1) is 15.3. The Morgan fingerprint density at radius 3 is 2.22 bits per heavy atom. The largest absolute Gasteiger partial charge is 0.381 e. The molecule has 2 heterocycles. The van der Waals surface area contributed by atoms with Crippen molar-refractivity contribution in [1.82, 2.24) is 4.31 Å². The molecule has 0 radical (unpaired) electrons. The van der Waals surface area contributed by atoms with Crippen LogP contribution in [0.5, 0.6) is 0 Å². The summed E-state index contributed by atoms with van der Waals surface area (Å²) in [6.07, 6.45) is 2.71. The molecule has 0 aliphatic carbocycles. The summed E-state index contributed by atoms with van der Waals surface area (Å²) in [4.78, 5) is 13.6. The molecule has 6 nitrogen and oxygen atoms in total. The normalized spacial score (nSPS) is 20.1. The van der Waals surface area contributed by atoms with Gasteiger partial charge in [-0.25, -0.2) is 12.8 Å². The van der Waals surface area contributed by atoms with E-state index in [0.29, 0.717) is 50.8 Å². The van der Waals surface area contributed by atoms with E-state index in [0.717, 1.165) is 18.4 Å².